The molecule has 0 spiro atoms. The first kappa shape index (κ1) is 8.87. The molecule has 0 saturated carbocycles. The molecule has 4 N–H and O–H groups in total. The van der Waals surface area contributed by atoms with E-state index in [0.717, 1.165) is 0 Å². The second kappa shape index (κ2) is 3.45. The van der Waals surface area contributed by atoms with Crippen molar-refractivity contribution in [2.75, 3.05) is 5.73 Å². The van der Waals surface area contributed by atoms with E-state index >= 15 is 0 Å². The zero-order valence-electron chi connectivity index (χ0n) is 6.99. The lowest BCUT2D eigenvalue weighted by Crippen LogP contribution is -2.00. The average Bonchev–Trinajstić information content (AvgIpc) is 2.03. The van der Waals surface area contributed by atoms with Crippen molar-refractivity contribution in [2.45, 2.75) is 19.4 Å². The molecular formula is C9H13NO2. The van der Waals surface area contributed by atoms with Gasteiger partial charge in [-0.1, -0.05) is 13.0 Å². The fourth-order valence-corrected chi connectivity index (χ4v) is 1.09. The molecule has 3 heteroatoms. The SMILES string of the molecule is CCC(O)c1ccc(O)cc1N. The quantitative estimate of drug-likeness (QED) is 0.583. The van der Waals surface area contributed by atoms with Crippen LogP contribution < -0.4 is 5.73 Å². The molecule has 66 valence electrons. The summed E-state index contributed by atoms with van der Waals surface area (Å²) in [5.74, 6) is 0.125. The Kier molecular flexibility index (Phi) is 2.55. The van der Waals surface area contributed by atoms with E-state index in [1.54, 1.807) is 6.07 Å². The van der Waals surface area contributed by atoms with Gasteiger partial charge in [-0.2, -0.15) is 0 Å². The molecule has 1 aromatic rings. The number of hydrogen-bond acceptors (Lipinski definition) is 3. The Bertz CT molecular complexity index is 273. The number of aliphatic hydroxyl groups excluding tert-OH is 1. The number of hydrogen-bond donors (Lipinski definition) is 3. The summed E-state index contributed by atoms with van der Waals surface area (Å²) in [7, 11) is 0. The molecule has 0 aromatic heterocycles. The Balaban J connectivity index is 3.01. The third kappa shape index (κ3) is 1.68. The first-order valence-corrected chi connectivity index (χ1v) is 3.91. The molecule has 1 unspecified atom stereocenters. The lowest BCUT2D eigenvalue weighted by molar-refractivity contribution is 0.174. The average molecular weight is 167 g/mol. The molecule has 3 nitrogen and oxygen atoms in total. The Morgan fingerprint density at radius 2 is 2.17 bits per heavy atom. The van der Waals surface area contributed by atoms with Crippen LogP contribution in [0.3, 0.4) is 0 Å². The van der Waals surface area contributed by atoms with Crippen molar-refractivity contribution in [3.63, 3.8) is 0 Å². The van der Waals surface area contributed by atoms with Crippen LogP contribution in [0.2, 0.25) is 0 Å². The van der Waals surface area contributed by atoms with Crippen LogP contribution >= 0.6 is 0 Å². The van der Waals surface area contributed by atoms with Crippen molar-refractivity contribution in [1.29, 1.82) is 0 Å². The number of rotatable bonds is 2. The number of aliphatic hydroxyl groups is 1. The topological polar surface area (TPSA) is 66.5 Å². The molecule has 1 aromatic carbocycles. The van der Waals surface area contributed by atoms with Crippen molar-refractivity contribution in [3.05, 3.63) is 23.8 Å². The third-order valence-corrected chi connectivity index (χ3v) is 1.82. The minimum atomic E-state index is -0.536. The van der Waals surface area contributed by atoms with E-state index in [1.165, 1.54) is 12.1 Å². The Hall–Kier alpha value is -1.22. The van der Waals surface area contributed by atoms with E-state index in [4.69, 9.17) is 10.8 Å². The standard InChI is InChI=1S/C9H13NO2/c1-2-9(12)7-4-3-6(11)5-8(7)10/h3-5,9,11-12H,2,10H2,1H3. The van der Waals surface area contributed by atoms with Crippen molar-refractivity contribution in [1.82, 2.24) is 0 Å². The van der Waals surface area contributed by atoms with Gasteiger partial charge >= 0.3 is 0 Å². The number of phenols is 1. The van der Waals surface area contributed by atoms with Crippen LogP contribution in [0.25, 0.3) is 0 Å². The number of nitrogens with two attached hydrogens (primary N) is 1. The van der Waals surface area contributed by atoms with Gasteiger partial charge in [-0.3, -0.25) is 0 Å². The van der Waals surface area contributed by atoms with Crippen LogP contribution in [0.4, 0.5) is 5.69 Å². The summed E-state index contributed by atoms with van der Waals surface area (Å²) in [4.78, 5) is 0. The highest BCUT2D eigenvalue weighted by Crippen LogP contribution is 2.25. The first-order chi connectivity index (χ1) is 5.65. The van der Waals surface area contributed by atoms with Crippen LogP contribution in [-0.4, -0.2) is 10.2 Å². The van der Waals surface area contributed by atoms with Crippen LogP contribution in [0.5, 0.6) is 5.75 Å². The van der Waals surface area contributed by atoms with Gasteiger partial charge in [0.05, 0.1) is 6.10 Å². The molecule has 0 fully saturated rings. The first-order valence-electron chi connectivity index (χ1n) is 3.91. The minimum Gasteiger partial charge on any atom is -0.508 e. The van der Waals surface area contributed by atoms with Crippen molar-refractivity contribution in [3.8, 4) is 5.75 Å². The van der Waals surface area contributed by atoms with Crippen LogP contribution in [0.15, 0.2) is 18.2 Å². The maximum atomic E-state index is 9.44. The maximum Gasteiger partial charge on any atom is 0.117 e. The third-order valence-electron chi connectivity index (χ3n) is 1.82. The lowest BCUT2D eigenvalue weighted by Gasteiger charge is -2.10. The molecule has 0 radical (unpaired) electrons. The second-order valence-corrected chi connectivity index (χ2v) is 2.74. The molecular weight excluding hydrogens is 154 g/mol. The Morgan fingerprint density at radius 1 is 1.50 bits per heavy atom. The number of benzene rings is 1. The van der Waals surface area contributed by atoms with Crippen LogP contribution in [-0.2, 0) is 0 Å². The lowest BCUT2D eigenvalue weighted by atomic mass is 10.1. The van der Waals surface area contributed by atoms with E-state index in [-0.39, 0.29) is 5.75 Å². The molecule has 0 amide bonds. The number of nitrogen functional groups attached to an aromatic ring is 1. The Morgan fingerprint density at radius 3 is 2.67 bits per heavy atom. The zero-order valence-corrected chi connectivity index (χ0v) is 6.99. The van der Waals surface area contributed by atoms with E-state index in [2.05, 4.69) is 0 Å². The van der Waals surface area contributed by atoms with E-state index in [1.807, 2.05) is 6.92 Å². The highest BCUT2D eigenvalue weighted by atomic mass is 16.3. The van der Waals surface area contributed by atoms with Gasteiger partial charge in [-0.05, 0) is 12.5 Å². The minimum absolute atomic E-state index is 0.125. The van der Waals surface area contributed by atoms with Gasteiger partial charge in [0.25, 0.3) is 0 Å². The fourth-order valence-electron chi connectivity index (χ4n) is 1.09. The Labute approximate surface area is 71.5 Å². The largest absolute Gasteiger partial charge is 0.508 e. The molecule has 0 aliphatic carbocycles. The van der Waals surface area contributed by atoms with Gasteiger partial charge < -0.3 is 15.9 Å². The van der Waals surface area contributed by atoms with E-state index in [0.29, 0.717) is 17.7 Å². The fraction of sp³-hybridized carbons (Fsp3) is 0.333. The molecule has 0 saturated heterocycles. The smallest absolute Gasteiger partial charge is 0.117 e. The molecule has 0 aliphatic heterocycles. The van der Waals surface area contributed by atoms with E-state index in [9.17, 15) is 5.11 Å². The van der Waals surface area contributed by atoms with Gasteiger partial charge in [0.1, 0.15) is 5.75 Å². The van der Waals surface area contributed by atoms with Crippen molar-refractivity contribution >= 4 is 5.69 Å². The van der Waals surface area contributed by atoms with Crippen LogP contribution in [0.1, 0.15) is 25.0 Å². The van der Waals surface area contributed by atoms with Crippen LogP contribution in [0, 0.1) is 0 Å². The summed E-state index contributed by atoms with van der Waals surface area (Å²) in [5.41, 5.74) is 6.69. The number of aromatic hydroxyl groups is 1. The summed E-state index contributed by atoms with van der Waals surface area (Å²) in [6, 6.07) is 4.59. The number of anilines is 1. The molecule has 0 aliphatic rings. The highest BCUT2D eigenvalue weighted by Gasteiger charge is 2.08. The molecule has 1 atom stereocenters. The number of phenolic OH excluding ortho intramolecular Hbond substituents is 1. The predicted molar refractivity (Wildman–Crippen MR) is 47.8 cm³/mol. The second-order valence-electron chi connectivity index (χ2n) is 2.74. The zero-order chi connectivity index (χ0) is 9.14. The highest BCUT2D eigenvalue weighted by molar-refractivity contribution is 5.51. The van der Waals surface area contributed by atoms with Crippen molar-refractivity contribution in [2.24, 2.45) is 0 Å². The molecule has 0 heterocycles. The molecule has 12 heavy (non-hydrogen) atoms. The van der Waals surface area contributed by atoms with E-state index < -0.39 is 6.10 Å². The molecule has 1 rings (SSSR count). The van der Waals surface area contributed by atoms with Gasteiger partial charge in [0, 0.05) is 17.3 Å². The predicted octanol–water partition coefficient (Wildman–Crippen LogP) is 1.42. The normalized spacial score (nSPS) is 12.8. The summed E-state index contributed by atoms with van der Waals surface area (Å²) >= 11 is 0. The summed E-state index contributed by atoms with van der Waals surface area (Å²) in [6.45, 7) is 1.87. The summed E-state index contributed by atoms with van der Waals surface area (Å²) in [5, 5.41) is 18.5. The summed E-state index contributed by atoms with van der Waals surface area (Å²) < 4.78 is 0. The van der Waals surface area contributed by atoms with Crippen molar-refractivity contribution < 1.29 is 10.2 Å². The summed E-state index contributed by atoms with van der Waals surface area (Å²) in [6.07, 6.45) is 0.0835. The van der Waals surface area contributed by atoms with Gasteiger partial charge in [0.2, 0.25) is 0 Å². The van der Waals surface area contributed by atoms with Gasteiger partial charge in [-0.25, -0.2) is 0 Å². The van der Waals surface area contributed by atoms with Gasteiger partial charge in [0.15, 0.2) is 0 Å². The molecule has 0 bridgehead atoms. The van der Waals surface area contributed by atoms with Gasteiger partial charge in [-0.15, -0.1) is 0 Å². The maximum absolute atomic E-state index is 9.44. The monoisotopic (exact) mass is 167 g/mol.